The topological polar surface area (TPSA) is 64.3 Å². The summed E-state index contributed by atoms with van der Waals surface area (Å²) in [6.07, 6.45) is 0.0100. The molecule has 0 radical (unpaired) electrons. The summed E-state index contributed by atoms with van der Waals surface area (Å²) in [5.41, 5.74) is 8.84. The lowest BCUT2D eigenvalue weighted by Crippen LogP contribution is -2.28. The molecule has 0 aliphatic heterocycles. The van der Waals surface area contributed by atoms with Gasteiger partial charge in [0.2, 0.25) is 5.91 Å². The van der Waals surface area contributed by atoms with E-state index < -0.39 is 0 Å². The fourth-order valence-corrected chi connectivity index (χ4v) is 3.21. The zero-order valence-corrected chi connectivity index (χ0v) is 16.4. The molecule has 0 saturated carbocycles. The van der Waals surface area contributed by atoms with E-state index in [1.807, 2.05) is 24.3 Å². The van der Waals surface area contributed by atoms with E-state index >= 15 is 0 Å². The molecule has 0 spiro atoms. The van der Waals surface area contributed by atoms with Crippen LogP contribution in [0, 0.1) is 13.8 Å². The predicted molar refractivity (Wildman–Crippen MR) is 107 cm³/mol. The van der Waals surface area contributed by atoms with Gasteiger partial charge < -0.3 is 15.8 Å². The van der Waals surface area contributed by atoms with Crippen molar-refractivity contribution in [2.75, 3.05) is 19.0 Å². The van der Waals surface area contributed by atoms with Crippen molar-refractivity contribution in [2.24, 2.45) is 5.73 Å². The first-order chi connectivity index (χ1) is 11.5. The summed E-state index contributed by atoms with van der Waals surface area (Å²) in [5.74, 6) is -0.0953. The molecule has 0 aliphatic rings. The number of methoxy groups -OCH3 is 1. The molecule has 4 nitrogen and oxygen atoms in total. The van der Waals surface area contributed by atoms with Crippen molar-refractivity contribution in [3.05, 3.63) is 53.6 Å². The quantitative estimate of drug-likeness (QED) is 0.756. The molecule has 6 heteroatoms. The SMILES string of the molecule is COC(CN)CC(=O)Nc1ccc(Sc2ccc(C)cc2C)cc1.Cl. The monoisotopic (exact) mass is 380 g/mol. The second-order valence-electron chi connectivity index (χ2n) is 5.74. The minimum atomic E-state index is -0.246. The largest absolute Gasteiger partial charge is 0.380 e. The van der Waals surface area contributed by atoms with Crippen molar-refractivity contribution in [1.29, 1.82) is 0 Å². The number of benzene rings is 2. The van der Waals surface area contributed by atoms with Crippen molar-refractivity contribution in [2.45, 2.75) is 36.2 Å². The minimum absolute atomic E-state index is 0. The van der Waals surface area contributed by atoms with Crippen molar-refractivity contribution in [3.63, 3.8) is 0 Å². The van der Waals surface area contributed by atoms with Gasteiger partial charge in [-0.3, -0.25) is 4.79 Å². The van der Waals surface area contributed by atoms with Crippen LogP contribution >= 0.6 is 24.2 Å². The standard InChI is InChI=1S/C19H24N2O2S.ClH/c1-13-4-9-18(14(2)10-13)24-17-7-5-15(6-8-17)21-19(22)11-16(12-20)23-3;/h4-10,16H,11-12,20H2,1-3H3,(H,21,22);1H. The van der Waals surface area contributed by atoms with Crippen LogP contribution < -0.4 is 11.1 Å². The average molecular weight is 381 g/mol. The first-order valence-corrected chi connectivity index (χ1v) is 8.71. The maximum absolute atomic E-state index is 11.9. The van der Waals surface area contributed by atoms with Crippen molar-refractivity contribution < 1.29 is 9.53 Å². The smallest absolute Gasteiger partial charge is 0.227 e. The maximum atomic E-state index is 11.9. The molecule has 0 bridgehead atoms. The number of aryl methyl sites for hydroxylation is 2. The third-order valence-corrected chi connectivity index (χ3v) is 4.89. The van der Waals surface area contributed by atoms with Gasteiger partial charge >= 0.3 is 0 Å². The van der Waals surface area contributed by atoms with Crippen LogP contribution in [-0.2, 0) is 9.53 Å². The Bertz CT molecular complexity index is 688. The number of ether oxygens (including phenoxy) is 1. The molecular weight excluding hydrogens is 356 g/mol. The fourth-order valence-electron chi connectivity index (χ4n) is 2.33. The van der Waals surface area contributed by atoms with Crippen LogP contribution in [0.4, 0.5) is 5.69 Å². The van der Waals surface area contributed by atoms with E-state index in [9.17, 15) is 4.79 Å². The van der Waals surface area contributed by atoms with E-state index in [1.54, 1.807) is 18.9 Å². The second kappa shape index (κ2) is 10.5. The van der Waals surface area contributed by atoms with Crippen molar-refractivity contribution in [1.82, 2.24) is 0 Å². The lowest BCUT2D eigenvalue weighted by molar-refractivity contribution is -0.118. The molecule has 1 atom stereocenters. The van der Waals surface area contributed by atoms with Crippen LogP contribution in [0.5, 0.6) is 0 Å². The Morgan fingerprint density at radius 1 is 1.20 bits per heavy atom. The summed E-state index contributed by atoms with van der Waals surface area (Å²) in [4.78, 5) is 14.3. The Morgan fingerprint density at radius 3 is 2.44 bits per heavy atom. The van der Waals surface area contributed by atoms with E-state index in [1.165, 1.54) is 16.0 Å². The highest BCUT2D eigenvalue weighted by molar-refractivity contribution is 7.99. The van der Waals surface area contributed by atoms with Gasteiger partial charge in [-0.25, -0.2) is 0 Å². The highest BCUT2D eigenvalue weighted by Gasteiger charge is 2.11. The molecule has 2 rings (SSSR count). The molecule has 0 saturated heterocycles. The van der Waals surface area contributed by atoms with Crippen molar-refractivity contribution in [3.8, 4) is 0 Å². The van der Waals surface area contributed by atoms with Gasteiger partial charge in [0.25, 0.3) is 0 Å². The Balaban J connectivity index is 0.00000312. The van der Waals surface area contributed by atoms with E-state index in [4.69, 9.17) is 10.5 Å². The molecule has 2 aromatic rings. The highest BCUT2D eigenvalue weighted by atomic mass is 35.5. The predicted octanol–water partition coefficient (Wildman–Crippen LogP) is 4.18. The lowest BCUT2D eigenvalue weighted by atomic mass is 10.2. The van der Waals surface area contributed by atoms with Gasteiger partial charge in [-0.15, -0.1) is 12.4 Å². The molecule has 0 aliphatic carbocycles. The molecule has 0 heterocycles. The Hall–Kier alpha value is -1.53. The van der Waals surface area contributed by atoms with E-state index in [0.29, 0.717) is 6.54 Å². The van der Waals surface area contributed by atoms with E-state index in [2.05, 4.69) is 37.4 Å². The normalized spacial score (nSPS) is 11.5. The van der Waals surface area contributed by atoms with E-state index in [0.717, 1.165) is 10.6 Å². The Labute approximate surface area is 159 Å². The van der Waals surface area contributed by atoms with E-state index in [-0.39, 0.29) is 30.8 Å². The summed E-state index contributed by atoms with van der Waals surface area (Å²) < 4.78 is 5.12. The third-order valence-electron chi connectivity index (χ3n) is 3.71. The van der Waals surface area contributed by atoms with Crippen LogP contribution in [0.2, 0.25) is 0 Å². The number of hydrogen-bond donors (Lipinski definition) is 2. The Morgan fingerprint density at radius 2 is 1.88 bits per heavy atom. The third kappa shape index (κ3) is 6.71. The van der Waals surface area contributed by atoms with Crippen LogP contribution in [-0.4, -0.2) is 25.7 Å². The van der Waals surface area contributed by atoms with Gasteiger partial charge in [-0.05, 0) is 49.7 Å². The fraction of sp³-hybridized carbons (Fsp3) is 0.316. The molecule has 1 unspecified atom stereocenters. The van der Waals surface area contributed by atoms with Gasteiger partial charge in [0.05, 0.1) is 12.5 Å². The average Bonchev–Trinajstić information content (AvgIpc) is 2.57. The summed E-state index contributed by atoms with van der Waals surface area (Å²) in [6.45, 7) is 4.54. The number of halogens is 1. The molecule has 136 valence electrons. The number of amides is 1. The molecule has 2 aromatic carbocycles. The Kier molecular flexibility index (Phi) is 9.00. The number of nitrogens with two attached hydrogens (primary N) is 1. The molecule has 25 heavy (non-hydrogen) atoms. The zero-order valence-electron chi connectivity index (χ0n) is 14.7. The van der Waals surface area contributed by atoms with Gasteiger partial charge in [-0.2, -0.15) is 0 Å². The van der Waals surface area contributed by atoms with Crippen LogP contribution in [0.25, 0.3) is 0 Å². The van der Waals surface area contributed by atoms with Crippen LogP contribution in [0.3, 0.4) is 0 Å². The van der Waals surface area contributed by atoms with Crippen LogP contribution in [0.15, 0.2) is 52.3 Å². The number of carbonyl (C=O) groups excluding carboxylic acids is 1. The lowest BCUT2D eigenvalue weighted by Gasteiger charge is -2.13. The number of nitrogens with one attached hydrogen (secondary N) is 1. The maximum Gasteiger partial charge on any atom is 0.227 e. The summed E-state index contributed by atoms with van der Waals surface area (Å²) in [5, 5.41) is 2.87. The minimum Gasteiger partial charge on any atom is -0.380 e. The summed E-state index contributed by atoms with van der Waals surface area (Å²) >= 11 is 1.72. The molecule has 0 aromatic heterocycles. The number of hydrogen-bond acceptors (Lipinski definition) is 4. The molecule has 3 N–H and O–H groups in total. The first-order valence-electron chi connectivity index (χ1n) is 7.89. The van der Waals surface area contributed by atoms with Gasteiger partial charge in [0, 0.05) is 29.1 Å². The van der Waals surface area contributed by atoms with Crippen molar-refractivity contribution >= 4 is 35.8 Å². The summed E-state index contributed by atoms with van der Waals surface area (Å²) in [6, 6.07) is 14.3. The number of rotatable bonds is 7. The van der Waals surface area contributed by atoms with Gasteiger partial charge in [-0.1, -0.05) is 29.5 Å². The number of anilines is 1. The molecule has 1 amide bonds. The van der Waals surface area contributed by atoms with Gasteiger partial charge in [0.15, 0.2) is 0 Å². The highest BCUT2D eigenvalue weighted by Crippen LogP contribution is 2.31. The second-order valence-corrected chi connectivity index (χ2v) is 6.86. The van der Waals surface area contributed by atoms with Gasteiger partial charge in [0.1, 0.15) is 0 Å². The molecule has 0 fully saturated rings. The zero-order chi connectivity index (χ0) is 17.5. The molecular formula is C19H25ClN2O2S. The number of carbonyl (C=O) groups is 1. The van der Waals surface area contributed by atoms with Crippen LogP contribution in [0.1, 0.15) is 17.5 Å². The summed E-state index contributed by atoms with van der Waals surface area (Å²) in [7, 11) is 1.56. The first kappa shape index (κ1) is 21.5.